The van der Waals surface area contributed by atoms with Crippen molar-refractivity contribution in [1.82, 2.24) is 5.32 Å². The van der Waals surface area contributed by atoms with Crippen molar-refractivity contribution < 1.29 is 0 Å². The minimum Gasteiger partial charge on any atom is -0.370 e. The molecule has 1 aliphatic rings. The molecule has 2 nitrogen and oxygen atoms in total. The Morgan fingerprint density at radius 1 is 1.47 bits per heavy atom. The van der Waals surface area contributed by atoms with Gasteiger partial charge in [-0.2, -0.15) is 0 Å². The van der Waals surface area contributed by atoms with Gasteiger partial charge in [-0.1, -0.05) is 37.6 Å². The second-order valence-corrected chi connectivity index (χ2v) is 5.27. The topological polar surface area (TPSA) is 15.3 Å². The van der Waals surface area contributed by atoms with Crippen LogP contribution in [0.1, 0.15) is 25.8 Å². The van der Waals surface area contributed by atoms with Crippen molar-refractivity contribution >= 4 is 17.3 Å². The van der Waals surface area contributed by atoms with Gasteiger partial charge in [0.15, 0.2) is 0 Å². The molecule has 1 saturated heterocycles. The van der Waals surface area contributed by atoms with E-state index in [1.807, 2.05) is 12.1 Å². The van der Waals surface area contributed by atoms with Crippen LogP contribution in [0.15, 0.2) is 18.2 Å². The summed E-state index contributed by atoms with van der Waals surface area (Å²) in [6.07, 6.45) is 1.27. The zero-order valence-electron chi connectivity index (χ0n) is 10.7. The Morgan fingerprint density at radius 2 is 2.29 bits per heavy atom. The maximum absolute atomic E-state index is 6.37. The molecule has 94 valence electrons. The molecule has 3 heteroatoms. The highest BCUT2D eigenvalue weighted by molar-refractivity contribution is 6.33. The lowest BCUT2D eigenvalue weighted by Crippen LogP contribution is -2.23. The molecule has 1 aliphatic heterocycles. The number of nitrogens with one attached hydrogen (secondary N) is 1. The molecule has 2 rings (SSSR count). The molecule has 0 saturated carbocycles. The van der Waals surface area contributed by atoms with Crippen molar-refractivity contribution in [3.05, 3.63) is 28.8 Å². The predicted octanol–water partition coefficient (Wildman–Crippen LogP) is 3.30. The van der Waals surface area contributed by atoms with Gasteiger partial charge in [0.05, 0.1) is 10.7 Å². The fourth-order valence-electron chi connectivity index (χ4n) is 2.45. The predicted molar refractivity (Wildman–Crippen MR) is 74.8 cm³/mol. The van der Waals surface area contributed by atoms with Gasteiger partial charge in [-0.15, -0.1) is 0 Å². The SMILES string of the molecule is CCNCc1cccc(Cl)c1N1CCC(C)C1. The molecule has 0 amide bonds. The van der Waals surface area contributed by atoms with E-state index in [0.29, 0.717) is 0 Å². The normalized spacial score (nSPS) is 19.9. The maximum atomic E-state index is 6.37. The van der Waals surface area contributed by atoms with Crippen LogP contribution in [0.5, 0.6) is 0 Å². The summed E-state index contributed by atoms with van der Waals surface area (Å²) in [5.41, 5.74) is 2.55. The number of halogens is 1. The molecule has 1 aromatic carbocycles. The highest BCUT2D eigenvalue weighted by atomic mass is 35.5. The lowest BCUT2D eigenvalue weighted by atomic mass is 10.1. The molecule has 0 bridgehead atoms. The quantitative estimate of drug-likeness (QED) is 0.885. The molecule has 1 heterocycles. The van der Waals surface area contributed by atoms with Crippen LogP contribution in [-0.4, -0.2) is 19.6 Å². The minimum absolute atomic E-state index is 0.776. The monoisotopic (exact) mass is 252 g/mol. The second-order valence-electron chi connectivity index (χ2n) is 4.87. The third-order valence-corrected chi connectivity index (χ3v) is 3.68. The van der Waals surface area contributed by atoms with Crippen molar-refractivity contribution in [2.45, 2.75) is 26.8 Å². The summed E-state index contributed by atoms with van der Waals surface area (Å²) in [6.45, 7) is 8.58. The highest BCUT2D eigenvalue weighted by Gasteiger charge is 2.22. The van der Waals surface area contributed by atoms with E-state index in [1.165, 1.54) is 17.7 Å². The first-order valence-corrected chi connectivity index (χ1v) is 6.83. The van der Waals surface area contributed by atoms with Gasteiger partial charge in [0, 0.05) is 19.6 Å². The third kappa shape index (κ3) is 2.93. The lowest BCUT2D eigenvalue weighted by molar-refractivity contribution is 0.658. The van der Waals surface area contributed by atoms with Crippen LogP contribution in [0.25, 0.3) is 0 Å². The molecule has 1 N–H and O–H groups in total. The maximum Gasteiger partial charge on any atom is 0.0642 e. The molecule has 1 atom stereocenters. The van der Waals surface area contributed by atoms with Crippen molar-refractivity contribution in [3.63, 3.8) is 0 Å². The minimum atomic E-state index is 0.776. The number of nitrogens with zero attached hydrogens (tertiary/aromatic N) is 1. The van der Waals surface area contributed by atoms with Gasteiger partial charge in [0.1, 0.15) is 0 Å². The van der Waals surface area contributed by atoms with E-state index in [9.17, 15) is 0 Å². The number of anilines is 1. The Bertz CT molecular complexity index is 378. The fraction of sp³-hybridized carbons (Fsp3) is 0.571. The smallest absolute Gasteiger partial charge is 0.0642 e. The van der Waals surface area contributed by atoms with Crippen molar-refractivity contribution in [2.75, 3.05) is 24.5 Å². The van der Waals surface area contributed by atoms with E-state index in [1.54, 1.807) is 0 Å². The Labute approximate surface area is 109 Å². The van der Waals surface area contributed by atoms with Crippen molar-refractivity contribution in [1.29, 1.82) is 0 Å². The van der Waals surface area contributed by atoms with E-state index < -0.39 is 0 Å². The molecule has 1 fully saturated rings. The Hall–Kier alpha value is -0.730. The zero-order chi connectivity index (χ0) is 12.3. The van der Waals surface area contributed by atoms with E-state index in [0.717, 1.165) is 37.1 Å². The molecular weight excluding hydrogens is 232 g/mol. The summed E-state index contributed by atoms with van der Waals surface area (Å²) >= 11 is 6.37. The number of hydrogen-bond acceptors (Lipinski definition) is 2. The number of benzene rings is 1. The first-order chi connectivity index (χ1) is 8.22. The van der Waals surface area contributed by atoms with Crippen LogP contribution in [0.2, 0.25) is 5.02 Å². The van der Waals surface area contributed by atoms with E-state index in [2.05, 4.69) is 30.1 Å². The molecule has 0 radical (unpaired) electrons. The van der Waals surface area contributed by atoms with E-state index >= 15 is 0 Å². The molecule has 1 aromatic rings. The van der Waals surface area contributed by atoms with Crippen molar-refractivity contribution in [3.8, 4) is 0 Å². The molecule has 0 spiro atoms. The molecule has 17 heavy (non-hydrogen) atoms. The van der Waals surface area contributed by atoms with Crippen LogP contribution in [0, 0.1) is 5.92 Å². The van der Waals surface area contributed by atoms with Crippen LogP contribution in [-0.2, 0) is 6.54 Å². The van der Waals surface area contributed by atoms with E-state index in [4.69, 9.17) is 11.6 Å². The van der Waals surface area contributed by atoms with Crippen LogP contribution in [0.3, 0.4) is 0 Å². The molecular formula is C14H21ClN2. The third-order valence-electron chi connectivity index (χ3n) is 3.38. The van der Waals surface area contributed by atoms with Gasteiger partial charge in [-0.05, 0) is 30.5 Å². The standard InChI is InChI=1S/C14H21ClN2/c1-3-16-9-12-5-4-6-13(15)14(12)17-8-7-11(2)10-17/h4-6,11,16H,3,7-10H2,1-2H3. The van der Waals surface area contributed by atoms with Gasteiger partial charge >= 0.3 is 0 Å². The summed E-state index contributed by atoms with van der Waals surface area (Å²) in [5, 5.41) is 4.27. The number of hydrogen-bond donors (Lipinski definition) is 1. The average Bonchev–Trinajstić information content (AvgIpc) is 2.73. The number of para-hydroxylation sites is 1. The molecule has 0 aliphatic carbocycles. The Morgan fingerprint density at radius 3 is 2.94 bits per heavy atom. The summed E-state index contributed by atoms with van der Waals surface area (Å²) in [7, 11) is 0. The summed E-state index contributed by atoms with van der Waals surface area (Å²) in [6, 6.07) is 6.21. The largest absolute Gasteiger partial charge is 0.370 e. The summed E-state index contributed by atoms with van der Waals surface area (Å²) in [4.78, 5) is 2.43. The van der Waals surface area contributed by atoms with Crippen LogP contribution < -0.4 is 10.2 Å². The summed E-state index contributed by atoms with van der Waals surface area (Å²) < 4.78 is 0. The highest BCUT2D eigenvalue weighted by Crippen LogP contribution is 2.33. The number of rotatable bonds is 4. The second kappa shape index (κ2) is 5.74. The van der Waals surface area contributed by atoms with Gasteiger partial charge < -0.3 is 10.2 Å². The van der Waals surface area contributed by atoms with E-state index in [-0.39, 0.29) is 0 Å². The van der Waals surface area contributed by atoms with Gasteiger partial charge in [-0.3, -0.25) is 0 Å². The zero-order valence-corrected chi connectivity index (χ0v) is 11.4. The first kappa shape index (κ1) is 12.7. The van der Waals surface area contributed by atoms with Gasteiger partial charge in [-0.25, -0.2) is 0 Å². The molecule has 0 aromatic heterocycles. The van der Waals surface area contributed by atoms with Crippen LogP contribution >= 0.6 is 11.6 Å². The molecule has 1 unspecified atom stereocenters. The summed E-state index contributed by atoms with van der Waals surface area (Å²) in [5.74, 6) is 0.776. The lowest BCUT2D eigenvalue weighted by Gasteiger charge is -2.23. The fourth-order valence-corrected chi connectivity index (χ4v) is 2.77. The first-order valence-electron chi connectivity index (χ1n) is 6.45. The average molecular weight is 253 g/mol. The Balaban J connectivity index is 2.23. The van der Waals surface area contributed by atoms with Gasteiger partial charge in [0.2, 0.25) is 0 Å². The van der Waals surface area contributed by atoms with Crippen molar-refractivity contribution in [2.24, 2.45) is 5.92 Å². The van der Waals surface area contributed by atoms with Gasteiger partial charge in [0.25, 0.3) is 0 Å². The Kier molecular flexibility index (Phi) is 4.30. The van der Waals surface area contributed by atoms with Crippen LogP contribution in [0.4, 0.5) is 5.69 Å².